The molecule has 1 unspecified atom stereocenters. The van der Waals surface area contributed by atoms with Crippen molar-refractivity contribution in [2.45, 2.75) is 32.4 Å². The molecule has 0 amide bonds. The number of carbonyl (C=O) groups excluding carboxylic acids is 1. The molecule has 1 N–H and O–H groups in total. The Kier molecular flexibility index (Phi) is 4.65. The molecule has 110 valence electrons. The number of methoxy groups -OCH3 is 1. The first kappa shape index (κ1) is 14.9. The molecule has 0 radical (unpaired) electrons. The van der Waals surface area contributed by atoms with Gasteiger partial charge in [0.15, 0.2) is 0 Å². The Hall–Kier alpha value is -1.55. The van der Waals surface area contributed by atoms with Crippen LogP contribution in [0.4, 0.5) is 0 Å². The van der Waals surface area contributed by atoms with Crippen LogP contribution in [-0.4, -0.2) is 38.8 Å². The minimum absolute atomic E-state index is 0.00685. The van der Waals surface area contributed by atoms with Crippen molar-refractivity contribution in [2.75, 3.05) is 20.7 Å². The number of quaternary nitrogens is 1. The Bertz CT molecular complexity index is 475. The fourth-order valence-corrected chi connectivity index (χ4v) is 2.74. The first-order chi connectivity index (χ1) is 9.51. The number of ether oxygens (including phenoxy) is 2. The molecule has 1 heterocycles. The molecule has 0 saturated carbocycles. The summed E-state index contributed by atoms with van der Waals surface area (Å²) in [7, 11) is 3.79. The zero-order valence-electron chi connectivity index (χ0n) is 12.7. The largest absolute Gasteiger partial charge is 0.497 e. The van der Waals surface area contributed by atoms with E-state index in [0.29, 0.717) is 23.3 Å². The maximum atomic E-state index is 12.2. The second-order valence-corrected chi connectivity index (χ2v) is 5.84. The Balaban J connectivity index is 2.03. The molecule has 1 aromatic carbocycles. The standard InChI is InChI=1S/C16H23NO3/c1-11-10-17(3)12(2)8-15(11)20-16(18)13-6-5-7-14(9-13)19-4/h5-7,9,11-12,15H,8,10H2,1-4H3/p+1/t11-,12+,15-/m1/s1. The lowest BCUT2D eigenvalue weighted by Gasteiger charge is -2.36. The number of esters is 1. The van der Waals surface area contributed by atoms with E-state index in [1.165, 1.54) is 4.90 Å². The number of hydrogen-bond acceptors (Lipinski definition) is 3. The van der Waals surface area contributed by atoms with Gasteiger partial charge in [0.25, 0.3) is 0 Å². The maximum Gasteiger partial charge on any atom is 0.338 e. The summed E-state index contributed by atoms with van der Waals surface area (Å²) in [6.07, 6.45) is 0.926. The molecule has 0 bridgehead atoms. The normalized spacial score (nSPS) is 29.8. The fourth-order valence-electron chi connectivity index (χ4n) is 2.74. The van der Waals surface area contributed by atoms with Crippen molar-refractivity contribution < 1.29 is 19.2 Å². The summed E-state index contributed by atoms with van der Waals surface area (Å²) in [5.74, 6) is 0.807. The van der Waals surface area contributed by atoms with Gasteiger partial charge in [-0.2, -0.15) is 0 Å². The van der Waals surface area contributed by atoms with Crippen LogP contribution in [0.3, 0.4) is 0 Å². The average molecular weight is 278 g/mol. The number of benzene rings is 1. The van der Waals surface area contributed by atoms with Gasteiger partial charge in [0, 0.05) is 12.3 Å². The molecule has 1 fully saturated rings. The van der Waals surface area contributed by atoms with Crippen molar-refractivity contribution in [1.82, 2.24) is 0 Å². The van der Waals surface area contributed by atoms with Crippen LogP contribution in [0, 0.1) is 5.92 Å². The third-order valence-corrected chi connectivity index (χ3v) is 4.27. The molecule has 0 spiro atoms. The summed E-state index contributed by atoms with van der Waals surface area (Å²) in [5, 5.41) is 0. The van der Waals surface area contributed by atoms with E-state index >= 15 is 0 Å². The lowest BCUT2D eigenvalue weighted by molar-refractivity contribution is -0.914. The molecule has 0 aliphatic carbocycles. The zero-order chi connectivity index (χ0) is 14.7. The van der Waals surface area contributed by atoms with Crippen LogP contribution >= 0.6 is 0 Å². The van der Waals surface area contributed by atoms with Crippen molar-refractivity contribution >= 4 is 5.97 Å². The van der Waals surface area contributed by atoms with Crippen LogP contribution < -0.4 is 9.64 Å². The number of likely N-dealkylation sites (tertiary alicyclic amines) is 1. The molecule has 2 rings (SSSR count). The third-order valence-electron chi connectivity index (χ3n) is 4.27. The smallest absolute Gasteiger partial charge is 0.338 e. The summed E-state index contributed by atoms with van der Waals surface area (Å²) < 4.78 is 10.8. The summed E-state index contributed by atoms with van der Waals surface area (Å²) >= 11 is 0. The highest BCUT2D eigenvalue weighted by molar-refractivity contribution is 5.90. The predicted octanol–water partition coefficient (Wildman–Crippen LogP) is 1.16. The zero-order valence-corrected chi connectivity index (χ0v) is 12.7. The highest BCUT2D eigenvalue weighted by Gasteiger charge is 2.34. The Morgan fingerprint density at radius 3 is 2.80 bits per heavy atom. The monoisotopic (exact) mass is 278 g/mol. The second kappa shape index (κ2) is 6.27. The average Bonchev–Trinajstić information content (AvgIpc) is 2.44. The molecule has 20 heavy (non-hydrogen) atoms. The summed E-state index contributed by atoms with van der Waals surface area (Å²) in [4.78, 5) is 13.7. The summed E-state index contributed by atoms with van der Waals surface area (Å²) in [6.45, 7) is 5.39. The maximum absolute atomic E-state index is 12.2. The molecule has 4 atom stereocenters. The van der Waals surface area contributed by atoms with E-state index in [-0.39, 0.29) is 12.1 Å². The molecule has 4 heteroatoms. The van der Waals surface area contributed by atoms with E-state index in [0.717, 1.165) is 13.0 Å². The number of rotatable bonds is 3. The number of piperidine rings is 1. The molecule has 0 aromatic heterocycles. The minimum atomic E-state index is -0.257. The van der Waals surface area contributed by atoms with Gasteiger partial charge in [-0.05, 0) is 25.1 Å². The van der Waals surface area contributed by atoms with Crippen LogP contribution in [0.15, 0.2) is 24.3 Å². The first-order valence-corrected chi connectivity index (χ1v) is 7.18. The Morgan fingerprint density at radius 1 is 1.35 bits per heavy atom. The lowest BCUT2D eigenvalue weighted by Crippen LogP contribution is -3.14. The van der Waals surface area contributed by atoms with Gasteiger partial charge in [-0.25, -0.2) is 4.79 Å². The lowest BCUT2D eigenvalue weighted by atomic mass is 9.92. The molecule has 4 nitrogen and oxygen atoms in total. The molecule has 1 aliphatic heterocycles. The third kappa shape index (κ3) is 3.31. The quantitative estimate of drug-likeness (QED) is 0.844. The van der Waals surface area contributed by atoms with Crippen LogP contribution in [-0.2, 0) is 4.74 Å². The molecule has 1 saturated heterocycles. The van der Waals surface area contributed by atoms with Gasteiger partial charge >= 0.3 is 5.97 Å². The minimum Gasteiger partial charge on any atom is -0.497 e. The topological polar surface area (TPSA) is 40.0 Å². The van der Waals surface area contributed by atoms with Gasteiger partial charge in [0.1, 0.15) is 11.9 Å². The van der Waals surface area contributed by atoms with E-state index < -0.39 is 0 Å². The highest BCUT2D eigenvalue weighted by Crippen LogP contribution is 2.19. The van der Waals surface area contributed by atoms with Crippen LogP contribution in [0.1, 0.15) is 30.6 Å². The molecule has 1 aliphatic rings. The highest BCUT2D eigenvalue weighted by atomic mass is 16.5. The van der Waals surface area contributed by atoms with Gasteiger partial charge < -0.3 is 14.4 Å². The summed E-state index contributed by atoms with van der Waals surface area (Å²) in [5.41, 5.74) is 0.551. The van der Waals surface area contributed by atoms with Gasteiger partial charge in [0.2, 0.25) is 0 Å². The number of carbonyl (C=O) groups is 1. The van der Waals surface area contributed by atoms with E-state index in [2.05, 4.69) is 20.9 Å². The van der Waals surface area contributed by atoms with Crippen molar-refractivity contribution in [3.63, 3.8) is 0 Å². The van der Waals surface area contributed by atoms with E-state index in [1.807, 2.05) is 6.07 Å². The SMILES string of the molecule is COc1cccc(C(=O)O[C@@H]2C[C@H](C)[NH+](C)C[C@H]2C)c1. The van der Waals surface area contributed by atoms with E-state index in [1.54, 1.807) is 25.3 Å². The van der Waals surface area contributed by atoms with Crippen molar-refractivity contribution in [1.29, 1.82) is 0 Å². The van der Waals surface area contributed by atoms with Crippen LogP contribution in [0.5, 0.6) is 5.75 Å². The first-order valence-electron chi connectivity index (χ1n) is 7.18. The van der Waals surface area contributed by atoms with Gasteiger partial charge in [-0.3, -0.25) is 0 Å². The van der Waals surface area contributed by atoms with Crippen molar-refractivity contribution in [3.05, 3.63) is 29.8 Å². The Morgan fingerprint density at radius 2 is 2.10 bits per heavy atom. The number of nitrogens with one attached hydrogen (secondary N) is 1. The molecule has 1 aromatic rings. The van der Waals surface area contributed by atoms with E-state index in [4.69, 9.17) is 9.47 Å². The van der Waals surface area contributed by atoms with Crippen molar-refractivity contribution in [3.8, 4) is 5.75 Å². The fraction of sp³-hybridized carbons (Fsp3) is 0.562. The number of hydrogen-bond donors (Lipinski definition) is 1. The van der Waals surface area contributed by atoms with E-state index in [9.17, 15) is 4.79 Å². The van der Waals surface area contributed by atoms with Gasteiger partial charge in [-0.1, -0.05) is 13.0 Å². The molecular weight excluding hydrogens is 254 g/mol. The van der Waals surface area contributed by atoms with Crippen LogP contribution in [0.2, 0.25) is 0 Å². The van der Waals surface area contributed by atoms with Gasteiger partial charge in [0.05, 0.1) is 32.3 Å². The Labute approximate surface area is 120 Å². The molecular formula is C16H24NO3+. The van der Waals surface area contributed by atoms with Crippen LogP contribution in [0.25, 0.3) is 0 Å². The summed E-state index contributed by atoms with van der Waals surface area (Å²) in [6, 6.07) is 7.63. The van der Waals surface area contributed by atoms with Gasteiger partial charge in [-0.15, -0.1) is 0 Å². The second-order valence-electron chi connectivity index (χ2n) is 5.84. The van der Waals surface area contributed by atoms with Crippen molar-refractivity contribution in [2.24, 2.45) is 5.92 Å². The predicted molar refractivity (Wildman–Crippen MR) is 77.2 cm³/mol.